The highest BCUT2D eigenvalue weighted by molar-refractivity contribution is 6.05. The molecule has 0 aliphatic carbocycles. The number of halogens is 3. The number of fused-ring (bicyclic) bond motifs is 1. The van der Waals surface area contributed by atoms with Crippen molar-refractivity contribution in [2.24, 2.45) is 5.73 Å². The summed E-state index contributed by atoms with van der Waals surface area (Å²) in [5.41, 5.74) is 6.08. The average Bonchev–Trinajstić information content (AvgIpc) is 2.51. The summed E-state index contributed by atoms with van der Waals surface area (Å²) >= 11 is 0. The van der Waals surface area contributed by atoms with Gasteiger partial charge in [0.25, 0.3) is 0 Å². The third-order valence-corrected chi connectivity index (χ3v) is 3.52. The van der Waals surface area contributed by atoms with Crippen LogP contribution in [0, 0.1) is 5.41 Å². The Morgan fingerprint density at radius 3 is 2.44 bits per heavy atom. The Labute approximate surface area is 141 Å². The number of benzene rings is 2. The molecule has 0 bridgehead atoms. The van der Waals surface area contributed by atoms with E-state index in [4.69, 9.17) is 11.1 Å². The van der Waals surface area contributed by atoms with E-state index in [9.17, 15) is 22.8 Å². The molecule has 0 spiro atoms. The first kappa shape index (κ1) is 18.4. The Balaban J connectivity index is 2.51. The minimum absolute atomic E-state index is 0.0202. The van der Waals surface area contributed by atoms with E-state index in [1.165, 1.54) is 19.1 Å². The van der Waals surface area contributed by atoms with Gasteiger partial charge >= 0.3 is 12.1 Å². The van der Waals surface area contributed by atoms with Crippen molar-refractivity contribution in [1.29, 1.82) is 5.41 Å². The number of esters is 1. The van der Waals surface area contributed by atoms with E-state index in [2.05, 4.69) is 4.74 Å². The van der Waals surface area contributed by atoms with Crippen molar-refractivity contribution in [2.45, 2.75) is 25.9 Å². The molecule has 0 saturated heterocycles. The second-order valence-corrected chi connectivity index (χ2v) is 5.50. The van der Waals surface area contributed by atoms with Crippen molar-refractivity contribution < 1.29 is 27.5 Å². The fourth-order valence-corrected chi connectivity index (χ4v) is 2.30. The van der Waals surface area contributed by atoms with E-state index < -0.39 is 23.7 Å². The minimum atomic E-state index is -5.17. The quantitative estimate of drug-likeness (QED) is 0.374. The van der Waals surface area contributed by atoms with Gasteiger partial charge in [0.05, 0.1) is 5.56 Å². The number of ether oxygens (including phenoxy) is 1. The van der Waals surface area contributed by atoms with E-state index in [0.717, 1.165) is 5.56 Å². The van der Waals surface area contributed by atoms with E-state index >= 15 is 0 Å². The number of alkyl halides is 3. The summed E-state index contributed by atoms with van der Waals surface area (Å²) in [7, 11) is 0. The standard InChI is InChI=1S/C17H15F3N2O3/c1-9(23)2-3-10-4-6-12-11(8-10)5-7-13(15(21)22)14(12)25-16(24)17(18,19)20/h4-8H,2-3H2,1H3,(H3,21,22). The van der Waals surface area contributed by atoms with Gasteiger partial charge < -0.3 is 15.3 Å². The van der Waals surface area contributed by atoms with Gasteiger partial charge in [0.15, 0.2) is 0 Å². The van der Waals surface area contributed by atoms with E-state index in [1.54, 1.807) is 18.2 Å². The molecule has 132 valence electrons. The fourth-order valence-electron chi connectivity index (χ4n) is 2.30. The molecule has 8 heteroatoms. The van der Waals surface area contributed by atoms with Crippen molar-refractivity contribution in [1.82, 2.24) is 0 Å². The molecular weight excluding hydrogens is 337 g/mol. The number of nitrogens with two attached hydrogens (primary N) is 1. The molecule has 2 aromatic carbocycles. The number of amidine groups is 1. The van der Waals surface area contributed by atoms with E-state index in [0.29, 0.717) is 18.2 Å². The number of aryl methyl sites for hydroxylation is 1. The SMILES string of the molecule is CC(=O)CCc1ccc2c(OC(=O)C(F)(F)F)c(C(=N)N)ccc2c1. The lowest BCUT2D eigenvalue weighted by atomic mass is 10.00. The Morgan fingerprint density at radius 1 is 1.20 bits per heavy atom. The Kier molecular flexibility index (Phi) is 5.10. The van der Waals surface area contributed by atoms with Gasteiger partial charge in [-0.3, -0.25) is 5.41 Å². The van der Waals surface area contributed by atoms with Crippen molar-refractivity contribution in [3.8, 4) is 5.75 Å². The lowest BCUT2D eigenvalue weighted by Crippen LogP contribution is -2.29. The highest BCUT2D eigenvalue weighted by Crippen LogP contribution is 2.32. The van der Waals surface area contributed by atoms with Gasteiger partial charge in [0.2, 0.25) is 0 Å². The number of hydrogen-bond donors (Lipinski definition) is 2. The van der Waals surface area contributed by atoms with Gasteiger partial charge in [-0.15, -0.1) is 0 Å². The summed E-state index contributed by atoms with van der Waals surface area (Å²) in [6, 6.07) is 7.68. The predicted octanol–water partition coefficient (Wildman–Crippen LogP) is 3.11. The molecule has 0 unspecified atom stereocenters. The summed E-state index contributed by atoms with van der Waals surface area (Å²) < 4.78 is 42.0. The van der Waals surface area contributed by atoms with Crippen LogP contribution >= 0.6 is 0 Å². The molecule has 0 atom stereocenters. The number of hydrogen-bond acceptors (Lipinski definition) is 4. The van der Waals surface area contributed by atoms with Crippen LogP contribution in [-0.4, -0.2) is 23.8 Å². The van der Waals surface area contributed by atoms with Crippen molar-refractivity contribution >= 4 is 28.4 Å². The first-order valence-electron chi connectivity index (χ1n) is 7.28. The molecule has 0 fully saturated rings. The first-order valence-corrected chi connectivity index (χ1v) is 7.28. The van der Waals surface area contributed by atoms with Crippen LogP contribution in [0.25, 0.3) is 10.8 Å². The maximum absolute atomic E-state index is 12.5. The number of carbonyl (C=O) groups excluding carboxylic acids is 2. The maximum Gasteiger partial charge on any atom is 0.491 e. The first-order chi connectivity index (χ1) is 11.6. The van der Waals surface area contributed by atoms with Gasteiger partial charge in [0, 0.05) is 11.8 Å². The maximum atomic E-state index is 12.5. The van der Waals surface area contributed by atoms with Crippen LogP contribution in [0.4, 0.5) is 13.2 Å². The average molecular weight is 352 g/mol. The molecule has 0 radical (unpaired) electrons. The summed E-state index contributed by atoms with van der Waals surface area (Å²) in [5.74, 6) is -3.30. The monoisotopic (exact) mass is 352 g/mol. The molecule has 2 aromatic rings. The second kappa shape index (κ2) is 6.92. The molecule has 3 N–H and O–H groups in total. The van der Waals surface area contributed by atoms with Crippen LogP contribution in [0.2, 0.25) is 0 Å². The number of carbonyl (C=O) groups is 2. The fraction of sp³-hybridized carbons (Fsp3) is 0.235. The smallest absolute Gasteiger partial charge is 0.418 e. The lowest BCUT2D eigenvalue weighted by Gasteiger charge is -2.14. The van der Waals surface area contributed by atoms with Crippen LogP contribution in [0.1, 0.15) is 24.5 Å². The Morgan fingerprint density at radius 2 is 1.88 bits per heavy atom. The van der Waals surface area contributed by atoms with Crippen molar-refractivity contribution in [3.05, 3.63) is 41.5 Å². The van der Waals surface area contributed by atoms with Crippen LogP contribution in [0.15, 0.2) is 30.3 Å². The second-order valence-electron chi connectivity index (χ2n) is 5.50. The highest BCUT2D eigenvalue weighted by Gasteiger charge is 2.42. The Bertz CT molecular complexity index is 860. The van der Waals surface area contributed by atoms with Crippen molar-refractivity contribution in [3.63, 3.8) is 0 Å². The molecule has 0 aromatic heterocycles. The van der Waals surface area contributed by atoms with Crippen LogP contribution in [-0.2, 0) is 16.0 Å². The van der Waals surface area contributed by atoms with Gasteiger partial charge in [-0.2, -0.15) is 13.2 Å². The number of rotatable bonds is 5. The number of nitrogens with one attached hydrogen (secondary N) is 1. The van der Waals surface area contributed by atoms with Crippen LogP contribution in [0.5, 0.6) is 5.75 Å². The van der Waals surface area contributed by atoms with Crippen molar-refractivity contribution in [2.75, 3.05) is 0 Å². The lowest BCUT2D eigenvalue weighted by molar-refractivity contribution is -0.189. The molecule has 0 saturated carbocycles. The largest absolute Gasteiger partial charge is 0.491 e. The minimum Gasteiger partial charge on any atom is -0.418 e. The summed E-state index contributed by atoms with van der Waals surface area (Å²) in [6.45, 7) is 1.47. The van der Waals surface area contributed by atoms with Crippen LogP contribution in [0.3, 0.4) is 0 Å². The molecule has 2 rings (SSSR count). The summed E-state index contributed by atoms with van der Waals surface area (Å²) in [5, 5.41) is 8.20. The van der Waals surface area contributed by atoms with Crippen LogP contribution < -0.4 is 10.5 Å². The molecule has 0 aliphatic heterocycles. The normalized spacial score (nSPS) is 11.4. The van der Waals surface area contributed by atoms with Gasteiger partial charge in [-0.05, 0) is 30.4 Å². The van der Waals surface area contributed by atoms with Gasteiger partial charge in [0.1, 0.15) is 17.4 Å². The third kappa shape index (κ3) is 4.34. The zero-order valence-corrected chi connectivity index (χ0v) is 13.2. The molecule has 25 heavy (non-hydrogen) atoms. The van der Waals surface area contributed by atoms with E-state index in [-0.39, 0.29) is 16.7 Å². The zero-order valence-electron chi connectivity index (χ0n) is 13.2. The Hall–Kier alpha value is -2.90. The number of Topliss-reactive ketones (excluding diaryl/α,β-unsaturated/α-hetero) is 1. The zero-order chi connectivity index (χ0) is 18.8. The number of nitrogen functional groups attached to an aromatic ring is 1. The summed E-state index contributed by atoms with van der Waals surface area (Å²) in [6.07, 6.45) is -4.35. The molecule has 5 nitrogen and oxygen atoms in total. The molecule has 0 heterocycles. The number of ketones is 1. The molecule has 0 amide bonds. The highest BCUT2D eigenvalue weighted by atomic mass is 19.4. The topological polar surface area (TPSA) is 93.2 Å². The predicted molar refractivity (Wildman–Crippen MR) is 85.7 cm³/mol. The van der Waals surface area contributed by atoms with Gasteiger partial charge in [-0.25, -0.2) is 4.79 Å². The molecular formula is C17H15F3N2O3. The summed E-state index contributed by atoms with van der Waals surface area (Å²) in [4.78, 5) is 22.3. The third-order valence-electron chi connectivity index (χ3n) is 3.52. The van der Waals surface area contributed by atoms with E-state index in [1.807, 2.05) is 0 Å². The van der Waals surface area contributed by atoms with Gasteiger partial charge in [-0.1, -0.05) is 24.3 Å². The molecule has 0 aliphatic rings.